The van der Waals surface area contributed by atoms with Crippen molar-refractivity contribution < 1.29 is 22.0 Å². The number of amides is 1. The average molecular weight is 483 g/mol. The van der Waals surface area contributed by atoms with Gasteiger partial charge in [0, 0.05) is 11.6 Å². The Kier molecular flexibility index (Phi) is 5.40. The van der Waals surface area contributed by atoms with Crippen LogP contribution in [0.5, 0.6) is 0 Å². The van der Waals surface area contributed by atoms with Crippen LogP contribution < -0.4 is 5.32 Å². The lowest BCUT2D eigenvalue weighted by atomic mass is 10.0. The molecule has 1 amide bonds. The van der Waals surface area contributed by atoms with E-state index in [9.17, 15) is 22.0 Å². The molecular weight excluding hydrogens is 462 g/mol. The second kappa shape index (κ2) is 8.28. The van der Waals surface area contributed by atoms with Crippen LogP contribution in [0.1, 0.15) is 28.5 Å². The molecule has 4 aromatic rings. The number of nitrogens with one attached hydrogen (secondary N) is 1. The molecule has 3 heterocycles. The highest BCUT2D eigenvalue weighted by Crippen LogP contribution is 2.32. The molecular formula is C24H20F2N4O3S. The normalized spacial score (nSPS) is 17.2. The van der Waals surface area contributed by atoms with Crippen molar-refractivity contribution in [2.24, 2.45) is 0 Å². The topological polar surface area (TPSA) is 93.9 Å². The molecule has 0 radical (unpaired) electrons. The molecule has 1 aliphatic rings. The van der Waals surface area contributed by atoms with Crippen LogP contribution in [0.2, 0.25) is 0 Å². The summed E-state index contributed by atoms with van der Waals surface area (Å²) in [4.78, 5) is 18.0. The fourth-order valence-corrected chi connectivity index (χ4v) is 5.95. The van der Waals surface area contributed by atoms with Crippen molar-refractivity contribution in [3.05, 3.63) is 77.5 Å². The SMILES string of the molecule is Cc1nn(C2CCS(=O)(=O)C2)c2nc(-c3ccccc3)cc(C(=O)Nc3cc(F)ccc3F)c12. The fraction of sp³-hybridized carbons (Fsp3) is 0.208. The molecule has 1 fully saturated rings. The first-order chi connectivity index (χ1) is 16.2. The van der Waals surface area contributed by atoms with Gasteiger partial charge in [-0.2, -0.15) is 5.10 Å². The first-order valence-corrected chi connectivity index (χ1v) is 12.5. The van der Waals surface area contributed by atoms with Gasteiger partial charge in [0.1, 0.15) is 11.6 Å². The molecule has 1 atom stereocenters. The Labute approximate surface area is 194 Å². The van der Waals surface area contributed by atoms with Gasteiger partial charge in [0.25, 0.3) is 5.91 Å². The van der Waals surface area contributed by atoms with E-state index in [4.69, 9.17) is 4.98 Å². The Morgan fingerprint density at radius 2 is 1.88 bits per heavy atom. The number of sulfone groups is 1. The molecule has 5 rings (SSSR count). The van der Waals surface area contributed by atoms with E-state index in [2.05, 4.69) is 10.4 Å². The lowest BCUT2D eigenvalue weighted by Gasteiger charge is -2.12. The number of rotatable bonds is 4. The van der Waals surface area contributed by atoms with Crippen molar-refractivity contribution in [2.45, 2.75) is 19.4 Å². The summed E-state index contributed by atoms with van der Waals surface area (Å²) in [6.07, 6.45) is 0.395. The van der Waals surface area contributed by atoms with Gasteiger partial charge in [-0.05, 0) is 31.5 Å². The number of anilines is 1. The summed E-state index contributed by atoms with van der Waals surface area (Å²) in [5.41, 5.74) is 1.95. The molecule has 0 aliphatic carbocycles. The van der Waals surface area contributed by atoms with Crippen molar-refractivity contribution in [1.29, 1.82) is 0 Å². The van der Waals surface area contributed by atoms with Gasteiger partial charge in [-0.15, -0.1) is 0 Å². The standard InChI is InChI=1S/C24H20F2N4O3S/c1-14-22-18(24(31)28-21-11-16(25)7-8-19(21)26)12-20(15-5-3-2-4-6-15)27-23(22)30(29-14)17-9-10-34(32,33)13-17/h2-8,11-12,17H,9-10,13H2,1H3,(H,28,31). The Hall–Kier alpha value is -3.66. The van der Waals surface area contributed by atoms with Gasteiger partial charge < -0.3 is 5.32 Å². The van der Waals surface area contributed by atoms with E-state index in [0.29, 0.717) is 28.8 Å². The smallest absolute Gasteiger partial charge is 0.256 e. The van der Waals surface area contributed by atoms with Gasteiger partial charge >= 0.3 is 0 Å². The molecule has 174 valence electrons. The molecule has 34 heavy (non-hydrogen) atoms. The van der Waals surface area contributed by atoms with Crippen molar-refractivity contribution in [1.82, 2.24) is 14.8 Å². The summed E-state index contributed by atoms with van der Waals surface area (Å²) in [7, 11) is -3.19. The molecule has 10 heteroatoms. The number of aryl methyl sites for hydroxylation is 1. The van der Waals surface area contributed by atoms with Gasteiger partial charge in [-0.25, -0.2) is 26.9 Å². The van der Waals surface area contributed by atoms with E-state index in [0.717, 1.165) is 23.8 Å². The zero-order valence-electron chi connectivity index (χ0n) is 18.1. The Morgan fingerprint density at radius 3 is 2.59 bits per heavy atom. The number of aromatic nitrogens is 3. The third-order valence-electron chi connectivity index (χ3n) is 5.88. The van der Waals surface area contributed by atoms with Crippen LogP contribution in [0.15, 0.2) is 54.6 Å². The summed E-state index contributed by atoms with van der Waals surface area (Å²) in [6, 6.07) is 13.1. The van der Waals surface area contributed by atoms with Crippen LogP contribution in [0.4, 0.5) is 14.5 Å². The van der Waals surface area contributed by atoms with Crippen LogP contribution in [0.25, 0.3) is 22.3 Å². The zero-order chi connectivity index (χ0) is 24.0. The fourth-order valence-electron chi connectivity index (χ4n) is 4.25. The molecule has 1 unspecified atom stereocenters. The van der Waals surface area contributed by atoms with E-state index >= 15 is 0 Å². The van der Waals surface area contributed by atoms with Gasteiger partial charge in [-0.3, -0.25) is 4.79 Å². The second-order valence-electron chi connectivity index (χ2n) is 8.28. The minimum atomic E-state index is -3.19. The predicted octanol–water partition coefficient (Wildman–Crippen LogP) is 4.30. The van der Waals surface area contributed by atoms with Gasteiger partial charge in [0.05, 0.1) is 45.6 Å². The molecule has 1 saturated heterocycles. The van der Waals surface area contributed by atoms with Crippen LogP contribution in [0, 0.1) is 18.6 Å². The number of carbonyl (C=O) groups is 1. The number of benzene rings is 2. The number of nitrogens with zero attached hydrogens (tertiary/aromatic N) is 3. The highest BCUT2D eigenvalue weighted by atomic mass is 32.2. The molecule has 0 saturated carbocycles. The van der Waals surface area contributed by atoms with Gasteiger partial charge in [0.15, 0.2) is 15.5 Å². The molecule has 1 aliphatic heterocycles. The van der Waals surface area contributed by atoms with Crippen molar-refractivity contribution >= 4 is 32.5 Å². The third kappa shape index (κ3) is 4.05. The predicted molar refractivity (Wildman–Crippen MR) is 124 cm³/mol. The van der Waals surface area contributed by atoms with Crippen LogP contribution in [-0.2, 0) is 9.84 Å². The number of hydrogen-bond acceptors (Lipinski definition) is 5. The maximum absolute atomic E-state index is 14.2. The summed E-state index contributed by atoms with van der Waals surface area (Å²) in [5, 5.41) is 7.40. The largest absolute Gasteiger partial charge is 0.319 e. The van der Waals surface area contributed by atoms with Crippen molar-refractivity contribution in [2.75, 3.05) is 16.8 Å². The van der Waals surface area contributed by atoms with E-state index in [-0.39, 0.29) is 22.8 Å². The molecule has 2 aromatic carbocycles. The summed E-state index contributed by atoms with van der Waals surface area (Å²) < 4.78 is 53.6. The molecule has 1 N–H and O–H groups in total. The summed E-state index contributed by atoms with van der Waals surface area (Å²) in [5.74, 6) is -2.12. The van der Waals surface area contributed by atoms with Gasteiger partial charge in [0.2, 0.25) is 0 Å². The van der Waals surface area contributed by atoms with Gasteiger partial charge in [-0.1, -0.05) is 30.3 Å². The Morgan fingerprint density at radius 1 is 1.12 bits per heavy atom. The quantitative estimate of drug-likeness (QED) is 0.468. The maximum Gasteiger partial charge on any atom is 0.256 e. The number of halogens is 2. The van der Waals surface area contributed by atoms with Crippen LogP contribution >= 0.6 is 0 Å². The van der Waals surface area contributed by atoms with Crippen molar-refractivity contribution in [3.63, 3.8) is 0 Å². The molecule has 2 aromatic heterocycles. The highest BCUT2D eigenvalue weighted by molar-refractivity contribution is 7.91. The maximum atomic E-state index is 14.2. The summed E-state index contributed by atoms with van der Waals surface area (Å²) in [6.45, 7) is 1.70. The Balaban J connectivity index is 1.68. The van der Waals surface area contributed by atoms with E-state index in [1.54, 1.807) is 17.7 Å². The van der Waals surface area contributed by atoms with E-state index < -0.39 is 33.4 Å². The first kappa shape index (κ1) is 22.1. The molecule has 0 bridgehead atoms. The number of pyridine rings is 1. The lowest BCUT2D eigenvalue weighted by Crippen LogP contribution is -2.15. The van der Waals surface area contributed by atoms with Crippen LogP contribution in [0.3, 0.4) is 0 Å². The first-order valence-electron chi connectivity index (χ1n) is 10.6. The number of hydrogen-bond donors (Lipinski definition) is 1. The average Bonchev–Trinajstić information content (AvgIpc) is 3.35. The third-order valence-corrected chi connectivity index (χ3v) is 7.63. The van der Waals surface area contributed by atoms with E-state index in [1.807, 2.05) is 30.3 Å². The highest BCUT2D eigenvalue weighted by Gasteiger charge is 2.32. The zero-order valence-corrected chi connectivity index (χ0v) is 18.9. The monoisotopic (exact) mass is 482 g/mol. The van der Waals surface area contributed by atoms with Crippen LogP contribution in [-0.4, -0.2) is 40.6 Å². The lowest BCUT2D eigenvalue weighted by molar-refractivity contribution is 0.102. The minimum absolute atomic E-state index is 0.0582. The second-order valence-corrected chi connectivity index (χ2v) is 10.5. The van der Waals surface area contributed by atoms with E-state index in [1.165, 1.54) is 0 Å². The van der Waals surface area contributed by atoms with Crippen molar-refractivity contribution in [3.8, 4) is 11.3 Å². The minimum Gasteiger partial charge on any atom is -0.319 e. The Bertz CT molecular complexity index is 1540. The number of carbonyl (C=O) groups excluding carboxylic acids is 1. The number of fused-ring (bicyclic) bond motifs is 1. The summed E-state index contributed by atoms with van der Waals surface area (Å²) >= 11 is 0. The molecule has 0 spiro atoms. The molecule has 7 nitrogen and oxygen atoms in total.